The van der Waals surface area contributed by atoms with Gasteiger partial charge in [-0.05, 0) is 43.0 Å². The summed E-state index contributed by atoms with van der Waals surface area (Å²) in [5, 5.41) is 9.71. The lowest BCUT2D eigenvalue weighted by Gasteiger charge is -2.35. The van der Waals surface area contributed by atoms with E-state index in [0.29, 0.717) is 6.42 Å². The molecule has 1 aromatic rings. The lowest BCUT2D eigenvalue weighted by atomic mass is 9.89. The van der Waals surface area contributed by atoms with Gasteiger partial charge < -0.3 is 10.0 Å². The molecule has 1 saturated heterocycles. The zero-order chi connectivity index (χ0) is 16.1. The number of imide groups is 1. The first kappa shape index (κ1) is 14.5. The molecule has 4 rings (SSSR count). The fourth-order valence-electron chi connectivity index (χ4n) is 4.46. The molecule has 2 atom stereocenters. The fraction of sp³-hybridized carbons (Fsp3) is 0.556. The van der Waals surface area contributed by atoms with Gasteiger partial charge in [0.25, 0.3) is 5.91 Å². The Kier molecular flexibility index (Phi) is 3.32. The van der Waals surface area contributed by atoms with Gasteiger partial charge in [-0.3, -0.25) is 9.69 Å². The summed E-state index contributed by atoms with van der Waals surface area (Å²) < 4.78 is 0. The second-order valence-electron chi connectivity index (χ2n) is 6.97. The van der Waals surface area contributed by atoms with E-state index in [0.717, 1.165) is 36.8 Å². The number of benzene rings is 1. The van der Waals surface area contributed by atoms with E-state index >= 15 is 0 Å². The number of nitrogens with zero attached hydrogens (tertiary/aromatic N) is 2. The summed E-state index contributed by atoms with van der Waals surface area (Å²) in [5.74, 6) is 0.160. The van der Waals surface area contributed by atoms with Crippen molar-refractivity contribution < 1.29 is 14.7 Å². The Morgan fingerprint density at radius 3 is 2.61 bits per heavy atom. The number of fused-ring (bicyclic) bond motifs is 2. The van der Waals surface area contributed by atoms with Crippen LogP contribution < -0.4 is 0 Å². The van der Waals surface area contributed by atoms with Crippen LogP contribution in [-0.4, -0.2) is 38.9 Å². The predicted molar refractivity (Wildman–Crippen MR) is 85.0 cm³/mol. The average molecular weight is 314 g/mol. The summed E-state index contributed by atoms with van der Waals surface area (Å²) in [4.78, 5) is 29.1. The van der Waals surface area contributed by atoms with Crippen LogP contribution in [0.4, 0.5) is 4.79 Å². The number of carbonyl (C=O) groups excluding carboxylic acids is 2. The van der Waals surface area contributed by atoms with Crippen molar-refractivity contribution in [3.8, 4) is 5.75 Å². The molecule has 1 saturated carbocycles. The average Bonchev–Trinajstić information content (AvgIpc) is 2.79. The van der Waals surface area contributed by atoms with Crippen LogP contribution in [0.15, 0.2) is 18.2 Å². The normalized spacial score (nSPS) is 28.0. The Morgan fingerprint density at radius 2 is 1.87 bits per heavy atom. The van der Waals surface area contributed by atoms with Gasteiger partial charge in [0, 0.05) is 12.5 Å². The third-order valence-electron chi connectivity index (χ3n) is 5.63. The van der Waals surface area contributed by atoms with Gasteiger partial charge in [-0.25, -0.2) is 4.79 Å². The maximum Gasteiger partial charge on any atom is 0.328 e. The highest BCUT2D eigenvalue weighted by Crippen LogP contribution is 2.40. The van der Waals surface area contributed by atoms with Crippen LogP contribution >= 0.6 is 0 Å². The second kappa shape index (κ2) is 5.25. The van der Waals surface area contributed by atoms with Crippen LogP contribution in [0, 0.1) is 0 Å². The van der Waals surface area contributed by atoms with E-state index in [2.05, 4.69) is 0 Å². The Bertz CT molecular complexity index is 666. The number of amides is 3. The van der Waals surface area contributed by atoms with Crippen LogP contribution in [0.1, 0.15) is 56.2 Å². The Hall–Kier alpha value is -2.04. The van der Waals surface area contributed by atoms with Gasteiger partial charge in [-0.1, -0.05) is 25.3 Å². The third-order valence-corrected chi connectivity index (χ3v) is 5.63. The predicted octanol–water partition coefficient (Wildman–Crippen LogP) is 2.97. The van der Waals surface area contributed by atoms with Crippen LogP contribution in [0.25, 0.3) is 0 Å². The number of hydrogen-bond donors (Lipinski definition) is 1. The standard InChI is InChI=1S/C18H22N2O3/c1-11-15-8-7-14(21)9-12(15)10-16-17(22)20(18(23)19(11)16)13-5-3-2-4-6-13/h7-9,11,13,16,21H,2-6,10H2,1H3/t11-,16+/m1/s1. The van der Waals surface area contributed by atoms with Crippen molar-refractivity contribution in [3.63, 3.8) is 0 Å². The van der Waals surface area contributed by atoms with Gasteiger partial charge >= 0.3 is 6.03 Å². The molecule has 2 aliphatic heterocycles. The molecule has 0 aromatic heterocycles. The maximum atomic E-state index is 12.9. The zero-order valence-corrected chi connectivity index (χ0v) is 13.4. The number of phenols is 1. The lowest BCUT2D eigenvalue weighted by molar-refractivity contribution is -0.130. The van der Waals surface area contributed by atoms with Crippen molar-refractivity contribution in [1.82, 2.24) is 9.80 Å². The van der Waals surface area contributed by atoms with E-state index in [9.17, 15) is 14.7 Å². The highest BCUT2D eigenvalue weighted by molar-refractivity contribution is 6.05. The molecule has 1 N–H and O–H groups in total. The van der Waals surface area contributed by atoms with Gasteiger partial charge in [0.1, 0.15) is 11.8 Å². The molecule has 5 nitrogen and oxygen atoms in total. The van der Waals surface area contributed by atoms with Crippen molar-refractivity contribution in [1.29, 1.82) is 0 Å². The van der Waals surface area contributed by atoms with Gasteiger partial charge in [0.2, 0.25) is 0 Å². The number of aromatic hydroxyl groups is 1. The minimum atomic E-state index is -0.409. The van der Waals surface area contributed by atoms with Gasteiger partial charge in [0.05, 0.1) is 6.04 Å². The molecule has 23 heavy (non-hydrogen) atoms. The number of rotatable bonds is 1. The molecule has 122 valence electrons. The third kappa shape index (κ3) is 2.13. The van der Waals surface area contributed by atoms with Crippen LogP contribution in [-0.2, 0) is 11.2 Å². The van der Waals surface area contributed by atoms with E-state index in [1.54, 1.807) is 17.0 Å². The number of hydrogen-bond acceptors (Lipinski definition) is 3. The molecule has 3 amide bonds. The summed E-state index contributed by atoms with van der Waals surface area (Å²) in [6, 6.07) is 4.65. The summed E-state index contributed by atoms with van der Waals surface area (Å²) >= 11 is 0. The van der Waals surface area contributed by atoms with Crippen molar-refractivity contribution in [2.45, 2.75) is 63.6 Å². The Morgan fingerprint density at radius 1 is 1.13 bits per heavy atom. The summed E-state index contributed by atoms with van der Waals surface area (Å²) in [6.45, 7) is 1.97. The Labute approximate surface area is 135 Å². The molecule has 1 aromatic carbocycles. The van der Waals surface area contributed by atoms with Crippen molar-refractivity contribution in [3.05, 3.63) is 29.3 Å². The first-order valence-electron chi connectivity index (χ1n) is 8.55. The second-order valence-corrected chi connectivity index (χ2v) is 6.97. The molecule has 0 bridgehead atoms. The largest absolute Gasteiger partial charge is 0.508 e. The van der Waals surface area contributed by atoms with E-state index in [-0.39, 0.29) is 29.8 Å². The summed E-state index contributed by atoms with van der Waals surface area (Å²) in [6.07, 6.45) is 5.75. The molecule has 2 fully saturated rings. The van der Waals surface area contributed by atoms with E-state index in [1.165, 1.54) is 11.3 Å². The fourth-order valence-corrected chi connectivity index (χ4v) is 4.46. The molecule has 0 spiro atoms. The minimum absolute atomic E-state index is 0.0530. The zero-order valence-electron chi connectivity index (χ0n) is 13.4. The summed E-state index contributed by atoms with van der Waals surface area (Å²) in [7, 11) is 0. The molecule has 3 aliphatic rings. The molecule has 2 heterocycles. The maximum absolute atomic E-state index is 12.9. The number of phenolic OH excluding ortho intramolecular Hbond substituents is 1. The van der Waals surface area contributed by atoms with E-state index < -0.39 is 6.04 Å². The Balaban J connectivity index is 1.68. The van der Waals surface area contributed by atoms with Crippen LogP contribution in [0.2, 0.25) is 0 Å². The molecule has 0 radical (unpaired) electrons. The highest BCUT2D eigenvalue weighted by Gasteiger charge is 2.51. The molecular formula is C18H22N2O3. The first-order chi connectivity index (χ1) is 11.1. The van der Waals surface area contributed by atoms with Crippen molar-refractivity contribution in [2.75, 3.05) is 0 Å². The van der Waals surface area contributed by atoms with Crippen molar-refractivity contribution in [2.24, 2.45) is 0 Å². The lowest BCUT2D eigenvalue weighted by Crippen LogP contribution is -2.43. The van der Waals surface area contributed by atoms with Crippen LogP contribution in [0.5, 0.6) is 5.75 Å². The number of carbonyl (C=O) groups is 2. The molecular weight excluding hydrogens is 292 g/mol. The topological polar surface area (TPSA) is 60.9 Å². The summed E-state index contributed by atoms with van der Waals surface area (Å²) in [5.41, 5.74) is 2.01. The molecule has 1 aliphatic carbocycles. The molecule has 0 unspecified atom stereocenters. The van der Waals surface area contributed by atoms with Gasteiger partial charge in [-0.15, -0.1) is 0 Å². The van der Waals surface area contributed by atoms with Crippen LogP contribution in [0.3, 0.4) is 0 Å². The quantitative estimate of drug-likeness (QED) is 0.811. The monoisotopic (exact) mass is 314 g/mol. The van der Waals surface area contributed by atoms with Gasteiger partial charge in [0.15, 0.2) is 0 Å². The van der Waals surface area contributed by atoms with E-state index in [1.807, 2.05) is 13.0 Å². The van der Waals surface area contributed by atoms with E-state index in [4.69, 9.17) is 0 Å². The minimum Gasteiger partial charge on any atom is -0.508 e. The highest BCUT2D eigenvalue weighted by atomic mass is 16.3. The number of urea groups is 1. The van der Waals surface area contributed by atoms with Gasteiger partial charge in [-0.2, -0.15) is 0 Å². The SMILES string of the molecule is C[C@@H]1c2ccc(O)cc2C[C@H]2C(=O)N(C3CCCCC3)C(=O)N12. The smallest absolute Gasteiger partial charge is 0.328 e. The first-order valence-corrected chi connectivity index (χ1v) is 8.55. The van der Waals surface area contributed by atoms with Crippen molar-refractivity contribution >= 4 is 11.9 Å². The molecule has 5 heteroatoms.